The highest BCUT2D eigenvalue weighted by molar-refractivity contribution is 7.12. The van der Waals surface area contributed by atoms with Gasteiger partial charge in [-0.3, -0.25) is 0 Å². The third kappa shape index (κ3) is 3.38. The van der Waals surface area contributed by atoms with Crippen molar-refractivity contribution in [2.75, 3.05) is 21.3 Å². The van der Waals surface area contributed by atoms with Crippen molar-refractivity contribution in [1.29, 1.82) is 0 Å². The van der Waals surface area contributed by atoms with Gasteiger partial charge >= 0.3 is 0 Å². The predicted octanol–water partition coefficient (Wildman–Crippen LogP) is 5.67. The first-order chi connectivity index (χ1) is 15.1. The van der Waals surface area contributed by atoms with Crippen molar-refractivity contribution in [3.63, 3.8) is 0 Å². The minimum Gasteiger partial charge on any atom is -0.493 e. The number of nitrogens with zero attached hydrogens (tertiary/aromatic N) is 2. The standard InChI is InChI=1S/C23H21ClN2O4S/c1-27-19-9-13(10-20(28-2)22(19)29-3)23-26-17(12-16(25-26)21-5-4-8-31-21)15-11-14(24)6-7-18(15)30-23/h4-11,17,23H,12H2,1-3H3/t17-,23-/m1/s1. The molecule has 0 amide bonds. The number of halogens is 1. The molecule has 8 heteroatoms. The van der Waals surface area contributed by atoms with Gasteiger partial charge in [0.05, 0.1) is 38.0 Å². The molecule has 0 saturated carbocycles. The van der Waals surface area contributed by atoms with E-state index in [2.05, 4.69) is 11.4 Å². The number of hydrogen-bond donors (Lipinski definition) is 0. The molecule has 2 aliphatic rings. The van der Waals surface area contributed by atoms with Crippen molar-refractivity contribution >= 4 is 28.6 Å². The highest BCUT2D eigenvalue weighted by atomic mass is 35.5. The first-order valence-corrected chi connectivity index (χ1v) is 11.0. The van der Waals surface area contributed by atoms with E-state index in [1.54, 1.807) is 32.7 Å². The van der Waals surface area contributed by atoms with Crippen LogP contribution < -0.4 is 18.9 Å². The average Bonchev–Trinajstić information content (AvgIpc) is 3.47. The van der Waals surface area contributed by atoms with Crippen LogP contribution in [0.3, 0.4) is 0 Å². The molecule has 160 valence electrons. The summed E-state index contributed by atoms with van der Waals surface area (Å²) in [6.07, 6.45) is 0.322. The van der Waals surface area contributed by atoms with Crippen LogP contribution in [-0.4, -0.2) is 32.0 Å². The Hall–Kier alpha value is -2.90. The van der Waals surface area contributed by atoms with Crippen LogP contribution >= 0.6 is 22.9 Å². The maximum absolute atomic E-state index is 6.44. The first kappa shape index (κ1) is 20.0. The zero-order valence-corrected chi connectivity index (χ0v) is 18.9. The topological polar surface area (TPSA) is 52.5 Å². The summed E-state index contributed by atoms with van der Waals surface area (Å²) >= 11 is 8.00. The lowest BCUT2D eigenvalue weighted by atomic mass is 9.97. The SMILES string of the molecule is COc1cc([C@H]2Oc3ccc(Cl)cc3[C@H]3CC(c4cccs4)=NN32)cc(OC)c1OC. The molecule has 5 rings (SSSR count). The quantitative estimate of drug-likeness (QED) is 0.495. The Labute approximate surface area is 189 Å². The maximum atomic E-state index is 6.44. The zero-order chi connectivity index (χ0) is 21.5. The highest BCUT2D eigenvalue weighted by Gasteiger charge is 2.41. The minimum atomic E-state index is -0.454. The fourth-order valence-electron chi connectivity index (χ4n) is 4.11. The maximum Gasteiger partial charge on any atom is 0.214 e. The Morgan fingerprint density at radius 3 is 2.48 bits per heavy atom. The molecule has 0 unspecified atom stereocenters. The number of thiophene rings is 1. The second-order valence-electron chi connectivity index (χ2n) is 7.23. The molecule has 31 heavy (non-hydrogen) atoms. The Kier molecular flexibility index (Phi) is 5.16. The van der Waals surface area contributed by atoms with Gasteiger partial charge in [0.2, 0.25) is 12.0 Å². The fraction of sp³-hybridized carbons (Fsp3) is 0.261. The van der Waals surface area contributed by atoms with Gasteiger partial charge in [-0.05, 0) is 41.8 Å². The van der Waals surface area contributed by atoms with Crippen molar-refractivity contribution in [2.45, 2.75) is 18.7 Å². The number of methoxy groups -OCH3 is 3. The second-order valence-corrected chi connectivity index (χ2v) is 8.62. The van der Waals surface area contributed by atoms with Crippen LogP contribution in [0.4, 0.5) is 0 Å². The lowest BCUT2D eigenvalue weighted by Crippen LogP contribution is -2.33. The van der Waals surface area contributed by atoms with Gasteiger partial charge in [-0.1, -0.05) is 17.7 Å². The first-order valence-electron chi connectivity index (χ1n) is 9.78. The van der Waals surface area contributed by atoms with Crippen LogP contribution in [0.25, 0.3) is 0 Å². The summed E-state index contributed by atoms with van der Waals surface area (Å²) in [4.78, 5) is 1.15. The van der Waals surface area contributed by atoms with E-state index in [4.69, 9.17) is 35.6 Å². The molecule has 1 aromatic heterocycles. The molecule has 0 spiro atoms. The predicted molar refractivity (Wildman–Crippen MR) is 121 cm³/mol. The van der Waals surface area contributed by atoms with Crippen LogP contribution in [0.5, 0.6) is 23.0 Å². The number of hydrazone groups is 1. The summed E-state index contributed by atoms with van der Waals surface area (Å²) in [6.45, 7) is 0. The third-order valence-electron chi connectivity index (χ3n) is 5.53. The van der Waals surface area contributed by atoms with Crippen LogP contribution in [0, 0.1) is 0 Å². The van der Waals surface area contributed by atoms with Gasteiger partial charge < -0.3 is 18.9 Å². The van der Waals surface area contributed by atoms with E-state index in [1.165, 1.54) is 0 Å². The number of benzene rings is 2. The Morgan fingerprint density at radius 2 is 1.84 bits per heavy atom. The molecule has 0 bridgehead atoms. The second kappa shape index (κ2) is 7.98. The van der Waals surface area contributed by atoms with E-state index in [-0.39, 0.29) is 6.04 Å². The molecule has 2 atom stereocenters. The molecule has 0 N–H and O–H groups in total. The normalized spacial score (nSPS) is 19.2. The van der Waals surface area contributed by atoms with Crippen molar-refractivity contribution in [1.82, 2.24) is 5.01 Å². The summed E-state index contributed by atoms with van der Waals surface area (Å²) < 4.78 is 23.0. The van der Waals surface area contributed by atoms with Gasteiger partial charge in [-0.15, -0.1) is 11.3 Å². The summed E-state index contributed by atoms with van der Waals surface area (Å²) in [7, 11) is 4.79. The Balaban J connectivity index is 1.64. The molecular formula is C23H21ClN2O4S. The van der Waals surface area contributed by atoms with Crippen molar-refractivity contribution in [2.24, 2.45) is 5.10 Å². The van der Waals surface area contributed by atoms with E-state index >= 15 is 0 Å². The van der Waals surface area contributed by atoms with E-state index < -0.39 is 6.23 Å². The lowest BCUT2D eigenvalue weighted by molar-refractivity contribution is -0.0192. The van der Waals surface area contributed by atoms with E-state index in [0.29, 0.717) is 22.3 Å². The fourth-order valence-corrected chi connectivity index (χ4v) is 5.02. The Morgan fingerprint density at radius 1 is 1.06 bits per heavy atom. The summed E-state index contributed by atoms with van der Waals surface area (Å²) in [6, 6.07) is 13.7. The van der Waals surface area contributed by atoms with Gasteiger partial charge in [0.15, 0.2) is 11.5 Å². The number of hydrogen-bond acceptors (Lipinski definition) is 7. The Bertz CT molecular complexity index is 1120. The minimum absolute atomic E-state index is 0.0173. The van der Waals surface area contributed by atoms with Crippen LogP contribution in [0.1, 0.15) is 34.7 Å². The van der Waals surface area contributed by atoms with Crippen molar-refractivity contribution in [3.05, 3.63) is 68.9 Å². The molecule has 0 fully saturated rings. The van der Waals surface area contributed by atoms with Gasteiger partial charge in [-0.25, -0.2) is 5.01 Å². The average molecular weight is 457 g/mol. The molecule has 2 aromatic carbocycles. The molecule has 3 heterocycles. The van der Waals surface area contributed by atoms with Crippen LogP contribution in [-0.2, 0) is 0 Å². The van der Waals surface area contributed by atoms with E-state index in [1.807, 2.05) is 41.4 Å². The smallest absolute Gasteiger partial charge is 0.214 e. The van der Waals surface area contributed by atoms with Crippen LogP contribution in [0.2, 0.25) is 5.02 Å². The van der Waals surface area contributed by atoms with Gasteiger partial charge in [0.25, 0.3) is 0 Å². The number of rotatable bonds is 5. The van der Waals surface area contributed by atoms with Crippen molar-refractivity contribution in [3.8, 4) is 23.0 Å². The van der Waals surface area contributed by atoms with Gasteiger partial charge in [-0.2, -0.15) is 5.10 Å². The molecule has 0 radical (unpaired) electrons. The van der Waals surface area contributed by atoms with Crippen LogP contribution in [0.15, 0.2) is 52.9 Å². The van der Waals surface area contributed by atoms with Crippen molar-refractivity contribution < 1.29 is 18.9 Å². The lowest BCUT2D eigenvalue weighted by Gasteiger charge is -2.38. The molecule has 3 aromatic rings. The molecular weight excluding hydrogens is 436 g/mol. The summed E-state index contributed by atoms with van der Waals surface area (Å²) in [5.74, 6) is 2.48. The molecule has 0 saturated heterocycles. The molecule has 0 aliphatic carbocycles. The van der Waals surface area contributed by atoms with E-state index in [9.17, 15) is 0 Å². The van der Waals surface area contributed by atoms with E-state index in [0.717, 1.165) is 33.9 Å². The third-order valence-corrected chi connectivity index (χ3v) is 6.68. The summed E-state index contributed by atoms with van der Waals surface area (Å²) in [5, 5.41) is 9.72. The monoisotopic (exact) mass is 456 g/mol. The highest BCUT2D eigenvalue weighted by Crippen LogP contribution is 2.50. The number of fused-ring (bicyclic) bond motifs is 3. The summed E-state index contributed by atoms with van der Waals surface area (Å²) in [5.41, 5.74) is 2.93. The molecule has 2 aliphatic heterocycles. The largest absolute Gasteiger partial charge is 0.493 e. The van der Waals surface area contributed by atoms with Gasteiger partial charge in [0, 0.05) is 22.6 Å². The number of ether oxygens (including phenoxy) is 4. The zero-order valence-electron chi connectivity index (χ0n) is 17.3. The van der Waals surface area contributed by atoms with Gasteiger partial charge in [0.1, 0.15) is 5.75 Å². The molecule has 6 nitrogen and oxygen atoms in total.